The fourth-order valence-electron chi connectivity index (χ4n) is 3.20. The zero-order valence-corrected chi connectivity index (χ0v) is 13.2. The first-order chi connectivity index (χ1) is 10.2. The van der Waals surface area contributed by atoms with Crippen LogP contribution in [0.4, 0.5) is 11.4 Å². The third-order valence-electron chi connectivity index (χ3n) is 4.48. The molecule has 0 unspecified atom stereocenters. The van der Waals surface area contributed by atoms with Crippen molar-refractivity contribution < 1.29 is 0 Å². The van der Waals surface area contributed by atoms with Crippen molar-refractivity contribution in [2.45, 2.75) is 33.2 Å². The Kier molecular flexibility index (Phi) is 3.87. The van der Waals surface area contributed by atoms with E-state index in [1.165, 1.54) is 40.0 Å². The van der Waals surface area contributed by atoms with E-state index in [0.29, 0.717) is 0 Å². The summed E-state index contributed by atoms with van der Waals surface area (Å²) in [5.41, 5.74) is 8.28. The Balaban J connectivity index is 1.77. The third-order valence-corrected chi connectivity index (χ3v) is 4.48. The maximum absolute atomic E-state index is 3.64. The van der Waals surface area contributed by atoms with Gasteiger partial charge in [-0.2, -0.15) is 0 Å². The van der Waals surface area contributed by atoms with Gasteiger partial charge < -0.3 is 10.2 Å². The summed E-state index contributed by atoms with van der Waals surface area (Å²) in [6.07, 6.45) is 2.24. The molecule has 110 valence electrons. The SMILES string of the molecule is CCc1cccc(C)c1NCc1ccc2c(c1)CCN2C. The fourth-order valence-corrected chi connectivity index (χ4v) is 3.20. The maximum atomic E-state index is 3.64. The van der Waals surface area contributed by atoms with Crippen molar-refractivity contribution in [3.05, 3.63) is 58.7 Å². The van der Waals surface area contributed by atoms with Crippen LogP contribution < -0.4 is 10.2 Å². The first-order valence-electron chi connectivity index (χ1n) is 7.84. The van der Waals surface area contributed by atoms with E-state index in [-0.39, 0.29) is 0 Å². The Hall–Kier alpha value is -1.96. The molecule has 2 aromatic carbocycles. The molecule has 21 heavy (non-hydrogen) atoms. The topological polar surface area (TPSA) is 15.3 Å². The lowest BCUT2D eigenvalue weighted by atomic mass is 10.0. The number of hydrogen-bond donors (Lipinski definition) is 1. The molecule has 0 bridgehead atoms. The first kappa shape index (κ1) is 14.0. The van der Waals surface area contributed by atoms with Gasteiger partial charge in [-0.1, -0.05) is 37.3 Å². The van der Waals surface area contributed by atoms with Crippen LogP contribution in [0.15, 0.2) is 36.4 Å². The van der Waals surface area contributed by atoms with Gasteiger partial charge >= 0.3 is 0 Å². The number of aryl methyl sites for hydroxylation is 2. The molecule has 0 fully saturated rings. The highest BCUT2D eigenvalue weighted by atomic mass is 15.1. The summed E-state index contributed by atoms with van der Waals surface area (Å²) in [5.74, 6) is 0. The molecule has 1 aliphatic rings. The second-order valence-corrected chi connectivity index (χ2v) is 5.95. The van der Waals surface area contributed by atoms with Gasteiger partial charge in [0.25, 0.3) is 0 Å². The maximum Gasteiger partial charge on any atom is 0.0404 e. The molecule has 0 saturated carbocycles. The smallest absolute Gasteiger partial charge is 0.0404 e. The van der Waals surface area contributed by atoms with E-state index in [2.05, 4.69) is 67.5 Å². The molecule has 0 atom stereocenters. The number of nitrogens with one attached hydrogen (secondary N) is 1. The predicted octanol–water partition coefficient (Wildman–Crippen LogP) is 4.16. The largest absolute Gasteiger partial charge is 0.381 e. The van der Waals surface area contributed by atoms with Gasteiger partial charge in [-0.25, -0.2) is 0 Å². The van der Waals surface area contributed by atoms with Crippen LogP contribution in [0.2, 0.25) is 0 Å². The Morgan fingerprint density at radius 3 is 2.86 bits per heavy atom. The summed E-state index contributed by atoms with van der Waals surface area (Å²) in [4.78, 5) is 2.34. The summed E-state index contributed by atoms with van der Waals surface area (Å²) >= 11 is 0. The number of benzene rings is 2. The van der Waals surface area contributed by atoms with Crippen molar-refractivity contribution in [1.29, 1.82) is 0 Å². The van der Waals surface area contributed by atoms with E-state index in [4.69, 9.17) is 0 Å². The fraction of sp³-hybridized carbons (Fsp3) is 0.368. The Bertz CT molecular complexity index is 646. The molecule has 2 nitrogen and oxygen atoms in total. The Morgan fingerprint density at radius 2 is 2.05 bits per heavy atom. The molecule has 1 aliphatic heterocycles. The van der Waals surface area contributed by atoms with Gasteiger partial charge in [0.1, 0.15) is 0 Å². The molecule has 0 saturated heterocycles. The summed E-state index contributed by atoms with van der Waals surface area (Å²) in [6.45, 7) is 6.43. The molecule has 3 rings (SSSR count). The Morgan fingerprint density at radius 1 is 1.19 bits per heavy atom. The minimum absolute atomic E-state index is 0.898. The van der Waals surface area contributed by atoms with Crippen molar-refractivity contribution in [3.63, 3.8) is 0 Å². The summed E-state index contributed by atoms with van der Waals surface area (Å²) < 4.78 is 0. The van der Waals surface area contributed by atoms with Crippen LogP contribution in [0.5, 0.6) is 0 Å². The molecule has 0 radical (unpaired) electrons. The van der Waals surface area contributed by atoms with Crippen LogP contribution in [0.3, 0.4) is 0 Å². The molecular formula is C19H24N2. The van der Waals surface area contributed by atoms with Crippen molar-refractivity contribution in [1.82, 2.24) is 0 Å². The lowest BCUT2D eigenvalue weighted by molar-refractivity contribution is 0.955. The quantitative estimate of drug-likeness (QED) is 0.904. The van der Waals surface area contributed by atoms with Gasteiger partial charge in [-0.15, -0.1) is 0 Å². The van der Waals surface area contributed by atoms with Crippen LogP contribution in [0, 0.1) is 6.92 Å². The lowest BCUT2D eigenvalue weighted by Gasteiger charge is -2.15. The van der Waals surface area contributed by atoms with Gasteiger partial charge in [-0.05, 0) is 48.1 Å². The van der Waals surface area contributed by atoms with Crippen LogP contribution >= 0.6 is 0 Å². The number of hydrogen-bond acceptors (Lipinski definition) is 2. The standard InChI is InChI=1S/C19H24N2/c1-4-16-7-5-6-14(2)19(16)20-13-15-8-9-18-17(12-15)10-11-21(18)3/h5-9,12,20H,4,10-11,13H2,1-3H3. The number of rotatable bonds is 4. The average molecular weight is 280 g/mol. The molecular weight excluding hydrogens is 256 g/mol. The highest BCUT2D eigenvalue weighted by molar-refractivity contribution is 5.60. The summed E-state index contributed by atoms with van der Waals surface area (Å²) in [6, 6.07) is 13.4. The lowest BCUT2D eigenvalue weighted by Crippen LogP contribution is -2.12. The third kappa shape index (κ3) is 2.76. The van der Waals surface area contributed by atoms with E-state index < -0.39 is 0 Å². The number of anilines is 2. The molecule has 0 spiro atoms. The molecule has 2 aromatic rings. The number of likely N-dealkylation sites (N-methyl/N-ethyl adjacent to an activating group) is 1. The normalized spacial score (nSPS) is 13.4. The van der Waals surface area contributed by atoms with E-state index >= 15 is 0 Å². The van der Waals surface area contributed by atoms with Crippen molar-refractivity contribution >= 4 is 11.4 Å². The molecule has 0 amide bonds. The van der Waals surface area contributed by atoms with E-state index in [1.807, 2.05) is 0 Å². The van der Waals surface area contributed by atoms with Crippen LogP contribution in [0.25, 0.3) is 0 Å². The molecule has 0 aliphatic carbocycles. The van der Waals surface area contributed by atoms with Crippen LogP contribution in [-0.2, 0) is 19.4 Å². The number of fused-ring (bicyclic) bond motifs is 1. The molecule has 0 aromatic heterocycles. The van der Waals surface area contributed by atoms with E-state index in [1.54, 1.807) is 0 Å². The summed E-state index contributed by atoms with van der Waals surface area (Å²) in [7, 11) is 2.17. The van der Waals surface area contributed by atoms with Crippen molar-refractivity contribution in [2.24, 2.45) is 0 Å². The molecule has 2 heteroatoms. The molecule has 1 N–H and O–H groups in total. The number of para-hydroxylation sites is 1. The second-order valence-electron chi connectivity index (χ2n) is 5.95. The second kappa shape index (κ2) is 5.80. The zero-order valence-electron chi connectivity index (χ0n) is 13.2. The van der Waals surface area contributed by atoms with E-state index in [0.717, 1.165) is 19.5 Å². The van der Waals surface area contributed by atoms with Gasteiger partial charge in [0.2, 0.25) is 0 Å². The average Bonchev–Trinajstić information content (AvgIpc) is 2.86. The zero-order chi connectivity index (χ0) is 14.8. The Labute approximate surface area is 127 Å². The monoisotopic (exact) mass is 280 g/mol. The predicted molar refractivity (Wildman–Crippen MR) is 91.3 cm³/mol. The first-order valence-corrected chi connectivity index (χ1v) is 7.84. The van der Waals surface area contributed by atoms with Gasteiger partial charge in [0.15, 0.2) is 0 Å². The van der Waals surface area contributed by atoms with Crippen molar-refractivity contribution in [2.75, 3.05) is 23.8 Å². The van der Waals surface area contributed by atoms with Gasteiger partial charge in [0, 0.05) is 31.5 Å². The van der Waals surface area contributed by atoms with Crippen LogP contribution in [0.1, 0.15) is 29.2 Å². The van der Waals surface area contributed by atoms with Crippen LogP contribution in [-0.4, -0.2) is 13.6 Å². The van der Waals surface area contributed by atoms with Crippen molar-refractivity contribution in [3.8, 4) is 0 Å². The van der Waals surface area contributed by atoms with Gasteiger partial charge in [-0.3, -0.25) is 0 Å². The number of nitrogens with zero attached hydrogens (tertiary/aromatic N) is 1. The molecule has 1 heterocycles. The summed E-state index contributed by atoms with van der Waals surface area (Å²) in [5, 5.41) is 3.64. The van der Waals surface area contributed by atoms with Gasteiger partial charge in [0.05, 0.1) is 0 Å². The highest BCUT2D eigenvalue weighted by Gasteiger charge is 2.15. The highest BCUT2D eigenvalue weighted by Crippen LogP contribution is 2.28. The van der Waals surface area contributed by atoms with E-state index in [9.17, 15) is 0 Å². The minimum atomic E-state index is 0.898. The minimum Gasteiger partial charge on any atom is -0.381 e.